The highest BCUT2D eigenvalue weighted by molar-refractivity contribution is 6.29. The third-order valence-electron chi connectivity index (χ3n) is 2.89. The van der Waals surface area contributed by atoms with Crippen molar-refractivity contribution in [3.63, 3.8) is 0 Å². The summed E-state index contributed by atoms with van der Waals surface area (Å²) in [6, 6.07) is 12.0. The van der Waals surface area contributed by atoms with Gasteiger partial charge in [0.05, 0.1) is 6.61 Å². The average Bonchev–Trinajstić information content (AvgIpc) is 2.92. The largest absolute Gasteiger partial charge is 0.477 e. The summed E-state index contributed by atoms with van der Waals surface area (Å²) in [6.45, 7) is 0.587. The molecule has 2 heterocycles. The van der Waals surface area contributed by atoms with Crippen LogP contribution in [0, 0.1) is 0 Å². The average molecular weight is 289 g/mol. The van der Waals surface area contributed by atoms with Gasteiger partial charge in [0.1, 0.15) is 11.5 Å². The van der Waals surface area contributed by atoms with Crippen LogP contribution in [0.5, 0.6) is 5.88 Å². The lowest BCUT2D eigenvalue weighted by Crippen LogP contribution is -2.05. The highest BCUT2D eigenvalue weighted by Gasteiger charge is 2.07. The van der Waals surface area contributed by atoms with Crippen LogP contribution < -0.4 is 4.74 Å². The third kappa shape index (κ3) is 2.88. The quantitative estimate of drug-likeness (QED) is 0.535. The zero-order valence-corrected chi connectivity index (χ0v) is 11.5. The Labute approximate surface area is 121 Å². The number of rotatable bonds is 5. The molecule has 3 rings (SSSR count). The standard InChI is InChI=1S/C14H13ClN4O/c15-12-9-13(19-14(18-12)16-10-17-19)20-8-4-7-11-5-2-1-3-6-11/h1-3,5-6,9-10H,4,7-8H2. The first-order valence-corrected chi connectivity index (χ1v) is 6.74. The third-order valence-corrected chi connectivity index (χ3v) is 3.08. The predicted molar refractivity (Wildman–Crippen MR) is 76.1 cm³/mol. The molecule has 0 spiro atoms. The van der Waals surface area contributed by atoms with Gasteiger partial charge >= 0.3 is 0 Å². The number of benzene rings is 1. The van der Waals surface area contributed by atoms with E-state index in [1.165, 1.54) is 16.4 Å². The molecular formula is C14H13ClN4O. The number of aryl methyl sites for hydroxylation is 1. The molecule has 20 heavy (non-hydrogen) atoms. The van der Waals surface area contributed by atoms with Crippen LogP contribution in [0.25, 0.3) is 5.78 Å². The second kappa shape index (κ2) is 5.88. The number of halogens is 1. The van der Waals surface area contributed by atoms with Crippen molar-refractivity contribution in [1.82, 2.24) is 19.6 Å². The maximum absolute atomic E-state index is 5.92. The second-order valence-electron chi connectivity index (χ2n) is 4.33. The van der Waals surface area contributed by atoms with Gasteiger partial charge in [-0.3, -0.25) is 0 Å². The Hall–Kier alpha value is -2.14. The normalized spacial score (nSPS) is 10.8. The Morgan fingerprint density at radius 3 is 2.90 bits per heavy atom. The van der Waals surface area contributed by atoms with Crippen LogP contribution >= 0.6 is 11.6 Å². The topological polar surface area (TPSA) is 52.3 Å². The van der Waals surface area contributed by atoms with Crippen molar-refractivity contribution in [2.45, 2.75) is 12.8 Å². The van der Waals surface area contributed by atoms with Crippen molar-refractivity contribution in [1.29, 1.82) is 0 Å². The van der Waals surface area contributed by atoms with Crippen molar-refractivity contribution >= 4 is 17.4 Å². The fourth-order valence-corrected chi connectivity index (χ4v) is 2.13. The summed E-state index contributed by atoms with van der Waals surface area (Å²) in [6.07, 6.45) is 3.32. The van der Waals surface area contributed by atoms with E-state index in [-0.39, 0.29) is 0 Å². The summed E-state index contributed by atoms with van der Waals surface area (Å²) in [5.41, 5.74) is 1.30. The lowest BCUT2D eigenvalue weighted by Gasteiger charge is -2.07. The van der Waals surface area contributed by atoms with Crippen molar-refractivity contribution in [2.24, 2.45) is 0 Å². The number of hydrogen-bond acceptors (Lipinski definition) is 4. The lowest BCUT2D eigenvalue weighted by atomic mass is 10.1. The van der Waals surface area contributed by atoms with Gasteiger partial charge in [-0.1, -0.05) is 41.9 Å². The molecule has 0 amide bonds. The maximum atomic E-state index is 5.92. The molecule has 0 bridgehead atoms. The molecule has 0 radical (unpaired) electrons. The summed E-state index contributed by atoms with van der Waals surface area (Å²) in [5, 5.41) is 4.41. The minimum Gasteiger partial charge on any atom is -0.477 e. The van der Waals surface area contributed by atoms with Gasteiger partial charge < -0.3 is 4.74 Å². The highest BCUT2D eigenvalue weighted by Crippen LogP contribution is 2.17. The summed E-state index contributed by atoms with van der Waals surface area (Å²) < 4.78 is 7.25. The Morgan fingerprint density at radius 2 is 2.05 bits per heavy atom. The van der Waals surface area contributed by atoms with Gasteiger partial charge in [-0.05, 0) is 18.4 Å². The molecule has 0 saturated carbocycles. The first-order valence-electron chi connectivity index (χ1n) is 6.36. The Morgan fingerprint density at radius 1 is 1.20 bits per heavy atom. The van der Waals surface area contributed by atoms with E-state index in [4.69, 9.17) is 16.3 Å². The molecule has 6 heteroatoms. The molecule has 0 saturated heterocycles. The van der Waals surface area contributed by atoms with Gasteiger partial charge in [-0.2, -0.15) is 19.6 Å². The molecule has 2 aromatic heterocycles. The molecule has 1 aromatic carbocycles. The van der Waals surface area contributed by atoms with Crippen LogP contribution in [0.2, 0.25) is 5.15 Å². The van der Waals surface area contributed by atoms with Crippen molar-refractivity contribution in [3.05, 3.63) is 53.4 Å². The molecule has 0 N–H and O–H groups in total. The summed E-state index contributed by atoms with van der Waals surface area (Å²) >= 11 is 5.92. The van der Waals surface area contributed by atoms with Gasteiger partial charge in [0.2, 0.25) is 5.88 Å². The summed E-state index contributed by atoms with van der Waals surface area (Å²) in [7, 11) is 0. The summed E-state index contributed by atoms with van der Waals surface area (Å²) in [4.78, 5) is 8.04. The Kier molecular flexibility index (Phi) is 3.78. The van der Waals surface area contributed by atoms with Crippen LogP contribution in [0.3, 0.4) is 0 Å². The smallest absolute Gasteiger partial charge is 0.256 e. The van der Waals surface area contributed by atoms with Crippen molar-refractivity contribution in [3.8, 4) is 5.88 Å². The molecule has 5 nitrogen and oxygen atoms in total. The molecule has 0 atom stereocenters. The van der Waals surface area contributed by atoms with Crippen LogP contribution in [0.4, 0.5) is 0 Å². The van der Waals surface area contributed by atoms with Crippen LogP contribution in [-0.2, 0) is 6.42 Å². The molecule has 102 valence electrons. The molecular weight excluding hydrogens is 276 g/mol. The summed E-state index contributed by atoms with van der Waals surface area (Å²) in [5.74, 6) is 1.00. The molecule has 0 aliphatic carbocycles. The highest BCUT2D eigenvalue weighted by atomic mass is 35.5. The van der Waals surface area contributed by atoms with E-state index in [1.54, 1.807) is 6.07 Å². The van der Waals surface area contributed by atoms with Gasteiger partial charge in [-0.25, -0.2) is 0 Å². The van der Waals surface area contributed by atoms with Crippen LogP contribution in [0.15, 0.2) is 42.7 Å². The van der Waals surface area contributed by atoms with E-state index in [1.807, 2.05) is 18.2 Å². The minimum absolute atomic E-state index is 0.351. The predicted octanol–water partition coefficient (Wildman–Crippen LogP) is 2.79. The molecule has 0 aliphatic heterocycles. The van der Waals surface area contributed by atoms with Gasteiger partial charge in [-0.15, -0.1) is 0 Å². The second-order valence-corrected chi connectivity index (χ2v) is 4.71. The monoisotopic (exact) mass is 288 g/mol. The van der Waals surface area contributed by atoms with Crippen LogP contribution in [0.1, 0.15) is 12.0 Å². The molecule has 0 aliphatic rings. The first kappa shape index (κ1) is 12.9. The van der Waals surface area contributed by atoms with Crippen LogP contribution in [-0.4, -0.2) is 26.2 Å². The fourth-order valence-electron chi connectivity index (χ4n) is 1.96. The van der Waals surface area contributed by atoms with E-state index in [2.05, 4.69) is 27.2 Å². The number of aromatic nitrogens is 4. The zero-order chi connectivity index (χ0) is 13.8. The van der Waals surface area contributed by atoms with Gasteiger partial charge in [0, 0.05) is 6.07 Å². The minimum atomic E-state index is 0.351. The van der Waals surface area contributed by atoms with E-state index >= 15 is 0 Å². The van der Waals surface area contributed by atoms with E-state index < -0.39 is 0 Å². The molecule has 3 aromatic rings. The van der Waals surface area contributed by atoms with E-state index in [0.29, 0.717) is 23.4 Å². The molecule has 0 unspecified atom stereocenters. The van der Waals surface area contributed by atoms with E-state index in [0.717, 1.165) is 12.8 Å². The lowest BCUT2D eigenvalue weighted by molar-refractivity contribution is 0.291. The van der Waals surface area contributed by atoms with E-state index in [9.17, 15) is 0 Å². The maximum Gasteiger partial charge on any atom is 0.256 e. The van der Waals surface area contributed by atoms with Gasteiger partial charge in [0.25, 0.3) is 5.78 Å². The fraction of sp³-hybridized carbons (Fsp3) is 0.214. The number of fused-ring (bicyclic) bond motifs is 1. The Balaban J connectivity index is 1.61. The Bertz CT molecular complexity index is 699. The number of nitrogens with zero attached hydrogens (tertiary/aromatic N) is 4. The number of ether oxygens (including phenoxy) is 1. The SMILES string of the molecule is Clc1cc(OCCCc2ccccc2)n2ncnc2n1. The molecule has 0 fully saturated rings. The zero-order valence-electron chi connectivity index (χ0n) is 10.7. The van der Waals surface area contributed by atoms with Crippen molar-refractivity contribution < 1.29 is 4.74 Å². The van der Waals surface area contributed by atoms with Crippen molar-refractivity contribution in [2.75, 3.05) is 6.61 Å². The van der Waals surface area contributed by atoms with Gasteiger partial charge in [0.15, 0.2) is 0 Å². The number of hydrogen-bond donors (Lipinski definition) is 0. The first-order chi connectivity index (χ1) is 9.83.